The lowest BCUT2D eigenvalue weighted by atomic mass is 10.0. The molecule has 0 spiro atoms. The van der Waals surface area contributed by atoms with Gasteiger partial charge in [0.05, 0.1) is 7.11 Å². The molecule has 96 valence electrons. The number of ether oxygens (including phenoxy) is 1. The summed E-state index contributed by atoms with van der Waals surface area (Å²) in [5, 5.41) is 1.20. The van der Waals surface area contributed by atoms with Crippen molar-refractivity contribution in [3.63, 3.8) is 0 Å². The van der Waals surface area contributed by atoms with Gasteiger partial charge in [0, 0.05) is 17.4 Å². The molecule has 0 saturated heterocycles. The van der Waals surface area contributed by atoms with Gasteiger partial charge in [0.15, 0.2) is 0 Å². The van der Waals surface area contributed by atoms with Crippen molar-refractivity contribution in [2.75, 3.05) is 7.11 Å². The summed E-state index contributed by atoms with van der Waals surface area (Å²) in [5.74, 6) is 1.88. The van der Waals surface area contributed by atoms with E-state index in [1.807, 2.05) is 31.2 Å². The minimum Gasteiger partial charge on any atom is -0.497 e. The summed E-state index contributed by atoms with van der Waals surface area (Å²) in [4.78, 5) is 0. The van der Waals surface area contributed by atoms with Gasteiger partial charge in [-0.15, -0.1) is 0 Å². The molecule has 0 amide bonds. The fourth-order valence-electron chi connectivity index (χ4n) is 2.39. The second-order valence-electron chi connectivity index (χ2n) is 4.66. The van der Waals surface area contributed by atoms with Gasteiger partial charge in [0.25, 0.3) is 0 Å². The van der Waals surface area contributed by atoms with Gasteiger partial charge in [-0.05, 0) is 30.7 Å². The van der Waals surface area contributed by atoms with E-state index in [1.54, 1.807) is 7.11 Å². The van der Waals surface area contributed by atoms with Crippen LogP contribution in [-0.4, -0.2) is 7.11 Å². The Morgan fingerprint density at radius 2 is 1.74 bits per heavy atom. The number of para-hydroxylation sites is 1. The number of aryl methyl sites for hydroxylation is 1. The SMILES string of the molecule is COc1ccc(Cc2c(C)oc3ccccc23)cc1. The minimum absolute atomic E-state index is 0.882. The van der Waals surface area contributed by atoms with Gasteiger partial charge in [0.2, 0.25) is 0 Å². The second-order valence-corrected chi connectivity index (χ2v) is 4.66. The molecule has 0 unspecified atom stereocenters. The van der Waals surface area contributed by atoms with E-state index in [1.165, 1.54) is 16.5 Å². The number of rotatable bonds is 3. The molecule has 0 atom stereocenters. The molecule has 0 bridgehead atoms. The quantitative estimate of drug-likeness (QED) is 0.691. The number of methoxy groups -OCH3 is 1. The van der Waals surface area contributed by atoms with Gasteiger partial charge in [-0.3, -0.25) is 0 Å². The molecule has 1 heterocycles. The second kappa shape index (κ2) is 4.81. The zero-order valence-corrected chi connectivity index (χ0v) is 11.1. The maximum absolute atomic E-state index is 5.79. The van der Waals surface area contributed by atoms with Crippen LogP contribution in [0.1, 0.15) is 16.9 Å². The molecule has 2 aromatic carbocycles. The van der Waals surface area contributed by atoms with Gasteiger partial charge in [-0.1, -0.05) is 30.3 Å². The van der Waals surface area contributed by atoms with Crippen molar-refractivity contribution in [1.29, 1.82) is 0 Å². The van der Waals surface area contributed by atoms with Crippen molar-refractivity contribution in [2.24, 2.45) is 0 Å². The van der Waals surface area contributed by atoms with E-state index < -0.39 is 0 Å². The number of furan rings is 1. The maximum atomic E-state index is 5.79. The lowest BCUT2D eigenvalue weighted by Crippen LogP contribution is -1.90. The maximum Gasteiger partial charge on any atom is 0.134 e. The van der Waals surface area contributed by atoms with Crippen LogP contribution < -0.4 is 4.74 Å². The first-order chi connectivity index (χ1) is 9.28. The lowest BCUT2D eigenvalue weighted by Gasteiger charge is -2.03. The van der Waals surface area contributed by atoms with Crippen LogP contribution in [0, 0.1) is 6.92 Å². The van der Waals surface area contributed by atoms with Crippen molar-refractivity contribution in [2.45, 2.75) is 13.3 Å². The van der Waals surface area contributed by atoms with Gasteiger partial charge < -0.3 is 9.15 Å². The molecule has 0 radical (unpaired) electrons. The Balaban J connectivity index is 1.98. The van der Waals surface area contributed by atoms with E-state index in [0.29, 0.717) is 0 Å². The Morgan fingerprint density at radius 3 is 2.47 bits per heavy atom. The zero-order chi connectivity index (χ0) is 13.2. The summed E-state index contributed by atoms with van der Waals surface area (Å²) in [6.07, 6.45) is 0.882. The average Bonchev–Trinajstić information content (AvgIpc) is 2.76. The summed E-state index contributed by atoms with van der Waals surface area (Å²) in [6, 6.07) is 16.4. The van der Waals surface area contributed by atoms with E-state index in [2.05, 4.69) is 24.3 Å². The molecule has 0 aliphatic carbocycles. The fraction of sp³-hybridized carbons (Fsp3) is 0.176. The van der Waals surface area contributed by atoms with Crippen LogP contribution in [0.15, 0.2) is 52.9 Å². The van der Waals surface area contributed by atoms with Gasteiger partial charge in [-0.2, -0.15) is 0 Å². The summed E-state index contributed by atoms with van der Waals surface area (Å²) in [6.45, 7) is 2.03. The van der Waals surface area contributed by atoms with Crippen LogP contribution in [0.2, 0.25) is 0 Å². The molecule has 0 aliphatic rings. The summed E-state index contributed by atoms with van der Waals surface area (Å²) in [7, 11) is 1.68. The van der Waals surface area contributed by atoms with Gasteiger partial charge in [-0.25, -0.2) is 0 Å². The Kier molecular flexibility index (Phi) is 3.00. The number of hydrogen-bond acceptors (Lipinski definition) is 2. The summed E-state index contributed by atoms with van der Waals surface area (Å²) < 4.78 is 11.0. The molecular weight excluding hydrogens is 236 g/mol. The van der Waals surface area contributed by atoms with Crippen molar-refractivity contribution >= 4 is 11.0 Å². The van der Waals surface area contributed by atoms with Crippen LogP contribution in [0.25, 0.3) is 11.0 Å². The fourth-order valence-corrected chi connectivity index (χ4v) is 2.39. The Morgan fingerprint density at radius 1 is 1.00 bits per heavy atom. The molecule has 19 heavy (non-hydrogen) atoms. The van der Waals surface area contributed by atoms with E-state index in [4.69, 9.17) is 9.15 Å². The van der Waals surface area contributed by atoms with Crippen LogP contribution in [0.4, 0.5) is 0 Å². The highest BCUT2D eigenvalue weighted by molar-refractivity contribution is 5.82. The zero-order valence-electron chi connectivity index (χ0n) is 11.1. The van der Waals surface area contributed by atoms with Crippen molar-refractivity contribution in [3.8, 4) is 5.75 Å². The first-order valence-corrected chi connectivity index (χ1v) is 6.38. The number of fused-ring (bicyclic) bond motifs is 1. The first kappa shape index (κ1) is 11.8. The molecule has 2 nitrogen and oxygen atoms in total. The van der Waals surface area contributed by atoms with Crippen LogP contribution in [0.3, 0.4) is 0 Å². The third kappa shape index (κ3) is 2.22. The van der Waals surface area contributed by atoms with Gasteiger partial charge in [0.1, 0.15) is 17.1 Å². The Bertz CT molecular complexity index is 693. The largest absolute Gasteiger partial charge is 0.497 e. The molecule has 0 aliphatic heterocycles. The normalized spacial score (nSPS) is 10.8. The molecular formula is C17H16O2. The predicted molar refractivity (Wildman–Crippen MR) is 76.8 cm³/mol. The average molecular weight is 252 g/mol. The van der Waals surface area contributed by atoms with E-state index in [0.717, 1.165) is 23.5 Å². The van der Waals surface area contributed by atoms with Crippen molar-refractivity contribution in [1.82, 2.24) is 0 Å². The summed E-state index contributed by atoms with van der Waals surface area (Å²) >= 11 is 0. The predicted octanol–water partition coefficient (Wildman–Crippen LogP) is 4.34. The third-order valence-corrected chi connectivity index (χ3v) is 3.44. The molecule has 0 fully saturated rings. The standard InChI is InChI=1S/C17H16O2/c1-12-16(15-5-3-4-6-17(15)19-12)11-13-7-9-14(18-2)10-8-13/h3-10H,11H2,1-2H3. The Labute approximate surface area is 112 Å². The molecule has 3 rings (SSSR count). The molecule has 2 heteroatoms. The lowest BCUT2D eigenvalue weighted by molar-refractivity contribution is 0.414. The third-order valence-electron chi connectivity index (χ3n) is 3.44. The smallest absolute Gasteiger partial charge is 0.134 e. The highest BCUT2D eigenvalue weighted by Gasteiger charge is 2.10. The van der Waals surface area contributed by atoms with Crippen molar-refractivity contribution < 1.29 is 9.15 Å². The van der Waals surface area contributed by atoms with Crippen LogP contribution in [-0.2, 0) is 6.42 Å². The van der Waals surface area contributed by atoms with E-state index in [9.17, 15) is 0 Å². The Hall–Kier alpha value is -2.22. The van der Waals surface area contributed by atoms with Crippen LogP contribution in [0.5, 0.6) is 5.75 Å². The van der Waals surface area contributed by atoms with E-state index in [-0.39, 0.29) is 0 Å². The van der Waals surface area contributed by atoms with E-state index >= 15 is 0 Å². The topological polar surface area (TPSA) is 22.4 Å². The first-order valence-electron chi connectivity index (χ1n) is 6.38. The number of hydrogen-bond donors (Lipinski definition) is 0. The molecule has 0 N–H and O–H groups in total. The van der Waals surface area contributed by atoms with Crippen LogP contribution >= 0.6 is 0 Å². The molecule has 0 saturated carbocycles. The molecule has 3 aromatic rings. The molecule has 1 aromatic heterocycles. The van der Waals surface area contributed by atoms with Gasteiger partial charge >= 0.3 is 0 Å². The van der Waals surface area contributed by atoms with Crippen molar-refractivity contribution in [3.05, 3.63) is 65.4 Å². The summed E-state index contributed by atoms with van der Waals surface area (Å²) in [5.41, 5.74) is 3.49. The minimum atomic E-state index is 0.882. The monoisotopic (exact) mass is 252 g/mol. The highest BCUT2D eigenvalue weighted by Crippen LogP contribution is 2.27. The number of benzene rings is 2. The highest BCUT2D eigenvalue weighted by atomic mass is 16.5.